The number of nitrogens with one attached hydrogen (secondary N) is 1. The molecule has 0 aliphatic heterocycles. The van der Waals surface area contributed by atoms with Crippen LogP contribution in [0, 0.1) is 5.82 Å². The first-order valence-electron chi connectivity index (χ1n) is 10.3. The van der Waals surface area contributed by atoms with E-state index in [2.05, 4.69) is 22.2 Å². The van der Waals surface area contributed by atoms with E-state index in [9.17, 15) is 0 Å². The highest BCUT2D eigenvalue weighted by Crippen LogP contribution is 2.35. The number of aromatic nitrogens is 4. The summed E-state index contributed by atoms with van der Waals surface area (Å²) in [6, 6.07) is 14.0. The zero-order chi connectivity index (χ0) is 21.8. The molecule has 3 N–H and O–H groups in total. The molecule has 2 aromatic heterocycles. The van der Waals surface area contributed by atoms with Crippen molar-refractivity contribution in [2.45, 2.75) is 25.8 Å². The minimum atomic E-state index is -0.455. The van der Waals surface area contributed by atoms with E-state index in [0.29, 0.717) is 40.3 Å². The molecule has 0 fully saturated rings. The predicted molar refractivity (Wildman–Crippen MR) is 120 cm³/mol. The Morgan fingerprint density at radius 2 is 1.94 bits per heavy atom. The maximum atomic E-state index is 15.2. The van der Waals surface area contributed by atoms with Crippen molar-refractivity contribution in [1.82, 2.24) is 25.1 Å². The molecule has 0 amide bonds. The SMILES string of the molecule is CCCC(CNC)n1nc(-c2ccc(Oc3ccccc3)cc2F)c2c(N)ncnc21. The van der Waals surface area contributed by atoms with Crippen LogP contribution in [0.15, 0.2) is 54.9 Å². The molecule has 1 unspecified atom stereocenters. The molecule has 1 atom stereocenters. The van der Waals surface area contributed by atoms with Gasteiger partial charge >= 0.3 is 0 Å². The molecule has 4 rings (SSSR count). The normalized spacial score (nSPS) is 12.2. The van der Waals surface area contributed by atoms with Gasteiger partial charge in [-0.1, -0.05) is 31.5 Å². The third-order valence-corrected chi connectivity index (χ3v) is 5.10. The Hall–Kier alpha value is -3.52. The Morgan fingerprint density at radius 1 is 1.13 bits per heavy atom. The molecule has 0 aliphatic rings. The number of fused-ring (bicyclic) bond motifs is 1. The number of nitrogens with zero attached hydrogens (tertiary/aromatic N) is 4. The van der Waals surface area contributed by atoms with E-state index in [0.717, 1.165) is 12.8 Å². The van der Waals surface area contributed by atoms with Gasteiger partial charge in [0.05, 0.1) is 11.4 Å². The van der Waals surface area contributed by atoms with Crippen LogP contribution in [0.3, 0.4) is 0 Å². The van der Waals surface area contributed by atoms with Gasteiger partial charge in [0.25, 0.3) is 0 Å². The maximum absolute atomic E-state index is 15.2. The van der Waals surface area contributed by atoms with Crippen molar-refractivity contribution in [1.29, 1.82) is 0 Å². The van der Waals surface area contributed by atoms with Gasteiger partial charge in [0.2, 0.25) is 0 Å². The number of nitrogen functional groups attached to an aromatic ring is 1. The number of ether oxygens (including phenoxy) is 1. The molecule has 0 saturated carbocycles. The first kappa shape index (κ1) is 20.7. The average Bonchev–Trinajstić information content (AvgIpc) is 3.15. The van der Waals surface area contributed by atoms with Crippen molar-refractivity contribution in [2.75, 3.05) is 19.3 Å². The standard InChI is InChI=1S/C23H25FN6O/c1-3-7-15(13-26-2)30-23-20(22(25)27-14-28-23)21(29-30)18-11-10-17(12-19(18)24)31-16-8-5-4-6-9-16/h4-6,8-12,14-15,26H,3,7,13H2,1-2H3,(H2,25,27,28). The monoisotopic (exact) mass is 420 g/mol. The maximum Gasteiger partial charge on any atom is 0.164 e. The van der Waals surface area contributed by atoms with E-state index in [4.69, 9.17) is 15.6 Å². The number of halogens is 1. The number of benzene rings is 2. The minimum Gasteiger partial charge on any atom is -0.457 e. The molecule has 0 spiro atoms. The Morgan fingerprint density at radius 3 is 2.65 bits per heavy atom. The fourth-order valence-corrected chi connectivity index (χ4v) is 3.69. The number of rotatable bonds is 8. The summed E-state index contributed by atoms with van der Waals surface area (Å²) in [5, 5.41) is 8.49. The van der Waals surface area contributed by atoms with Crippen LogP contribution in [0.1, 0.15) is 25.8 Å². The molecule has 31 heavy (non-hydrogen) atoms. The van der Waals surface area contributed by atoms with Gasteiger partial charge in [-0.05, 0) is 37.7 Å². The highest BCUT2D eigenvalue weighted by molar-refractivity contribution is 5.98. The summed E-state index contributed by atoms with van der Waals surface area (Å²) >= 11 is 0. The first-order chi connectivity index (χ1) is 15.1. The number of anilines is 1. The third kappa shape index (κ3) is 4.20. The highest BCUT2D eigenvalue weighted by atomic mass is 19.1. The van der Waals surface area contributed by atoms with Crippen LogP contribution in [0.5, 0.6) is 11.5 Å². The van der Waals surface area contributed by atoms with Crippen molar-refractivity contribution in [3.05, 3.63) is 60.7 Å². The van der Waals surface area contributed by atoms with Crippen LogP contribution >= 0.6 is 0 Å². The lowest BCUT2D eigenvalue weighted by Gasteiger charge is -2.16. The summed E-state index contributed by atoms with van der Waals surface area (Å²) < 4.78 is 22.8. The molecule has 7 nitrogen and oxygen atoms in total. The zero-order valence-corrected chi connectivity index (χ0v) is 17.5. The van der Waals surface area contributed by atoms with Crippen LogP contribution < -0.4 is 15.8 Å². The lowest BCUT2D eigenvalue weighted by Crippen LogP contribution is -2.23. The second kappa shape index (κ2) is 9.09. The largest absolute Gasteiger partial charge is 0.457 e. The number of hydrogen-bond donors (Lipinski definition) is 2. The van der Waals surface area contributed by atoms with Gasteiger partial charge in [0, 0.05) is 18.2 Å². The summed E-state index contributed by atoms with van der Waals surface area (Å²) in [6.07, 6.45) is 3.28. The molecule has 0 bridgehead atoms. The van der Waals surface area contributed by atoms with E-state index in [-0.39, 0.29) is 11.9 Å². The Labute approximate surface area is 180 Å². The summed E-state index contributed by atoms with van der Waals surface area (Å²) in [4.78, 5) is 8.52. The van der Waals surface area contributed by atoms with E-state index < -0.39 is 5.82 Å². The van der Waals surface area contributed by atoms with Crippen LogP contribution in [-0.2, 0) is 0 Å². The molecule has 2 aromatic carbocycles. The van der Waals surface area contributed by atoms with Crippen molar-refractivity contribution in [3.63, 3.8) is 0 Å². The van der Waals surface area contributed by atoms with Crippen LogP contribution in [-0.4, -0.2) is 33.3 Å². The van der Waals surface area contributed by atoms with Crippen LogP contribution in [0.4, 0.5) is 10.2 Å². The van der Waals surface area contributed by atoms with E-state index in [1.165, 1.54) is 12.4 Å². The fourth-order valence-electron chi connectivity index (χ4n) is 3.69. The van der Waals surface area contributed by atoms with E-state index >= 15 is 4.39 Å². The predicted octanol–water partition coefficient (Wildman–Crippen LogP) is 4.57. The topological polar surface area (TPSA) is 90.9 Å². The van der Waals surface area contributed by atoms with Gasteiger partial charge in [0.1, 0.15) is 35.2 Å². The van der Waals surface area contributed by atoms with Gasteiger partial charge in [-0.2, -0.15) is 5.10 Å². The smallest absolute Gasteiger partial charge is 0.164 e. The molecule has 160 valence electrons. The van der Waals surface area contributed by atoms with Crippen molar-refractivity contribution >= 4 is 16.9 Å². The summed E-state index contributed by atoms with van der Waals surface area (Å²) in [6.45, 7) is 2.82. The number of para-hydroxylation sites is 1. The summed E-state index contributed by atoms with van der Waals surface area (Å²) in [5.41, 5.74) is 7.52. The molecular weight excluding hydrogens is 395 g/mol. The highest BCUT2D eigenvalue weighted by Gasteiger charge is 2.23. The van der Waals surface area contributed by atoms with Gasteiger partial charge < -0.3 is 15.8 Å². The Balaban J connectivity index is 1.79. The average molecular weight is 420 g/mol. The van der Waals surface area contributed by atoms with E-state index in [1.807, 2.05) is 42.1 Å². The minimum absolute atomic E-state index is 0.0595. The molecule has 0 saturated heterocycles. The van der Waals surface area contributed by atoms with Gasteiger partial charge in [-0.3, -0.25) is 0 Å². The molecular formula is C23H25FN6O. The summed E-state index contributed by atoms with van der Waals surface area (Å²) in [7, 11) is 1.89. The molecule has 8 heteroatoms. The van der Waals surface area contributed by atoms with Gasteiger partial charge in [-0.25, -0.2) is 19.0 Å². The quantitative estimate of drug-likeness (QED) is 0.434. The van der Waals surface area contributed by atoms with Crippen molar-refractivity contribution in [3.8, 4) is 22.8 Å². The summed E-state index contributed by atoms with van der Waals surface area (Å²) in [5.74, 6) is 0.856. The van der Waals surface area contributed by atoms with Crippen molar-refractivity contribution < 1.29 is 9.13 Å². The second-order valence-corrected chi connectivity index (χ2v) is 7.31. The van der Waals surface area contributed by atoms with Gasteiger partial charge in [-0.15, -0.1) is 0 Å². The third-order valence-electron chi connectivity index (χ3n) is 5.10. The van der Waals surface area contributed by atoms with Crippen LogP contribution in [0.25, 0.3) is 22.3 Å². The lowest BCUT2D eigenvalue weighted by molar-refractivity contribution is 0.416. The molecule has 4 aromatic rings. The number of nitrogens with two attached hydrogens (primary N) is 1. The molecule has 2 heterocycles. The van der Waals surface area contributed by atoms with Gasteiger partial charge in [0.15, 0.2) is 5.65 Å². The lowest BCUT2D eigenvalue weighted by atomic mass is 10.1. The number of hydrogen-bond acceptors (Lipinski definition) is 6. The fraction of sp³-hybridized carbons (Fsp3) is 0.261. The molecule has 0 aliphatic carbocycles. The van der Waals surface area contributed by atoms with E-state index in [1.54, 1.807) is 12.1 Å². The number of likely N-dealkylation sites (N-methyl/N-ethyl adjacent to an activating group) is 1. The van der Waals surface area contributed by atoms with Crippen LogP contribution in [0.2, 0.25) is 0 Å². The Bertz CT molecular complexity index is 1170. The first-order valence-corrected chi connectivity index (χ1v) is 10.3. The Kier molecular flexibility index (Phi) is 6.08. The molecule has 0 radical (unpaired) electrons. The zero-order valence-electron chi connectivity index (χ0n) is 17.5. The second-order valence-electron chi connectivity index (χ2n) is 7.31. The van der Waals surface area contributed by atoms with Crippen molar-refractivity contribution in [2.24, 2.45) is 0 Å².